The Morgan fingerprint density at radius 3 is 2.40 bits per heavy atom. The fraction of sp³-hybridized carbons (Fsp3) is 0.250. The molecule has 1 aliphatic rings. The topological polar surface area (TPSA) is 62.2 Å². The number of fused-ring (bicyclic) bond motifs is 1. The summed E-state index contributed by atoms with van der Waals surface area (Å²) in [6.45, 7) is 11.3. The van der Waals surface area contributed by atoms with Crippen LogP contribution in [0.3, 0.4) is 0 Å². The van der Waals surface area contributed by atoms with E-state index in [9.17, 15) is 4.79 Å². The van der Waals surface area contributed by atoms with Gasteiger partial charge in [0.25, 0.3) is 0 Å². The van der Waals surface area contributed by atoms with Crippen molar-refractivity contribution in [2.75, 3.05) is 11.9 Å². The quantitative estimate of drug-likeness (QED) is 0.192. The van der Waals surface area contributed by atoms with Crippen LogP contribution in [0, 0.1) is 34.6 Å². The molecule has 0 spiro atoms. The van der Waals surface area contributed by atoms with Gasteiger partial charge in [-0.3, -0.25) is 9.78 Å². The summed E-state index contributed by atoms with van der Waals surface area (Å²) in [7, 11) is 0. The van der Waals surface area contributed by atoms with Crippen LogP contribution in [0.5, 0.6) is 0 Å². The molecule has 6 rings (SSSR count). The van der Waals surface area contributed by atoms with Crippen LogP contribution in [0.15, 0.2) is 85.1 Å². The van der Waals surface area contributed by atoms with Gasteiger partial charge < -0.3 is 20.1 Å². The van der Waals surface area contributed by atoms with E-state index in [0.717, 1.165) is 33.5 Å². The zero-order chi connectivity index (χ0) is 30.2. The number of hydrogen-bond donors (Lipinski definition) is 2. The Labute approximate surface area is 258 Å². The van der Waals surface area contributed by atoms with Gasteiger partial charge in [-0.1, -0.05) is 60.2 Å². The minimum atomic E-state index is -0.149. The number of nitrogens with zero attached hydrogens (tertiary/aromatic N) is 3. The number of carbonyl (C=O) groups is 1. The Morgan fingerprint density at radius 2 is 1.65 bits per heavy atom. The molecule has 1 amide bonds. The lowest BCUT2D eigenvalue weighted by Gasteiger charge is -2.28. The molecule has 43 heavy (non-hydrogen) atoms. The SMILES string of the molecule is Cc1cc(C)c(-n2c(C)cc([C@@H]3[C@H](c4ccccn4)NC(=S)N3CCC(=O)Nc3cccc4ccccc34)c2C)c(C)c1. The predicted molar refractivity (Wildman–Crippen MR) is 179 cm³/mol. The molecule has 1 saturated heterocycles. The molecule has 0 aliphatic carbocycles. The smallest absolute Gasteiger partial charge is 0.226 e. The Kier molecular flexibility index (Phi) is 7.75. The molecular formula is C36H37N5OS. The summed E-state index contributed by atoms with van der Waals surface area (Å²) in [6, 6.07) is 26.5. The summed E-state index contributed by atoms with van der Waals surface area (Å²) in [5.74, 6) is -0.0458. The molecule has 0 bridgehead atoms. The number of amides is 1. The Morgan fingerprint density at radius 1 is 0.930 bits per heavy atom. The Bertz CT molecular complexity index is 1820. The fourth-order valence-electron chi connectivity index (χ4n) is 6.71. The number of anilines is 1. The monoisotopic (exact) mass is 587 g/mol. The van der Waals surface area contributed by atoms with Crippen LogP contribution in [0.25, 0.3) is 16.5 Å². The maximum atomic E-state index is 13.3. The van der Waals surface area contributed by atoms with Crippen LogP contribution in [-0.4, -0.2) is 32.0 Å². The van der Waals surface area contributed by atoms with Crippen LogP contribution in [0.2, 0.25) is 0 Å². The van der Waals surface area contributed by atoms with Crippen molar-refractivity contribution >= 4 is 39.7 Å². The molecule has 6 nitrogen and oxygen atoms in total. The third-order valence-corrected chi connectivity index (χ3v) is 8.84. The molecular weight excluding hydrogens is 550 g/mol. The van der Waals surface area contributed by atoms with Crippen LogP contribution < -0.4 is 10.6 Å². The molecule has 0 radical (unpaired) electrons. The van der Waals surface area contributed by atoms with Gasteiger partial charge in [0.15, 0.2) is 5.11 Å². The van der Waals surface area contributed by atoms with Gasteiger partial charge >= 0.3 is 0 Å². The second-order valence-electron chi connectivity index (χ2n) is 11.6. The summed E-state index contributed by atoms with van der Waals surface area (Å²) in [6.07, 6.45) is 2.12. The highest BCUT2D eigenvalue weighted by Gasteiger charge is 2.41. The second-order valence-corrected chi connectivity index (χ2v) is 11.9. The Hall–Kier alpha value is -4.49. The predicted octanol–water partition coefficient (Wildman–Crippen LogP) is 7.57. The molecule has 1 aliphatic heterocycles. The number of benzene rings is 3. The molecule has 218 valence electrons. The van der Waals surface area contributed by atoms with Gasteiger partial charge in [-0.25, -0.2) is 0 Å². The number of aromatic nitrogens is 2. The molecule has 3 aromatic carbocycles. The van der Waals surface area contributed by atoms with Gasteiger partial charge in [-0.15, -0.1) is 0 Å². The lowest BCUT2D eigenvalue weighted by molar-refractivity contribution is -0.116. The van der Waals surface area contributed by atoms with Gasteiger partial charge in [0.2, 0.25) is 5.91 Å². The minimum Gasteiger partial charge on any atom is -0.352 e. The normalized spacial score (nSPS) is 16.5. The van der Waals surface area contributed by atoms with Crippen molar-refractivity contribution < 1.29 is 4.79 Å². The highest BCUT2D eigenvalue weighted by atomic mass is 32.1. The summed E-state index contributed by atoms with van der Waals surface area (Å²) in [5, 5.41) is 9.44. The van der Waals surface area contributed by atoms with E-state index >= 15 is 0 Å². The van der Waals surface area contributed by atoms with E-state index in [1.165, 1.54) is 27.9 Å². The van der Waals surface area contributed by atoms with Crippen LogP contribution in [0.1, 0.15) is 57.8 Å². The van der Waals surface area contributed by atoms with Gasteiger partial charge in [0.05, 0.1) is 23.5 Å². The van der Waals surface area contributed by atoms with Gasteiger partial charge in [0, 0.05) is 41.6 Å². The van der Waals surface area contributed by atoms with Gasteiger partial charge in [-0.2, -0.15) is 0 Å². The fourth-order valence-corrected chi connectivity index (χ4v) is 7.04. The zero-order valence-corrected chi connectivity index (χ0v) is 26.1. The molecule has 5 aromatic rings. The first kappa shape index (κ1) is 28.6. The summed E-state index contributed by atoms with van der Waals surface area (Å²) in [4.78, 5) is 20.2. The number of nitrogens with one attached hydrogen (secondary N) is 2. The molecule has 7 heteroatoms. The number of hydrogen-bond acceptors (Lipinski definition) is 3. The van der Waals surface area contributed by atoms with Crippen molar-refractivity contribution in [3.8, 4) is 5.69 Å². The molecule has 2 atom stereocenters. The average molecular weight is 588 g/mol. The summed E-state index contributed by atoms with van der Waals surface area (Å²) < 4.78 is 2.36. The molecule has 1 fully saturated rings. The number of rotatable bonds is 7. The van der Waals surface area contributed by atoms with Crippen molar-refractivity contribution in [2.45, 2.75) is 53.1 Å². The highest BCUT2D eigenvalue weighted by Crippen LogP contribution is 2.42. The third kappa shape index (κ3) is 5.41. The van der Waals surface area contributed by atoms with Crippen molar-refractivity contribution in [1.82, 2.24) is 19.8 Å². The van der Waals surface area contributed by atoms with Crippen molar-refractivity contribution in [1.29, 1.82) is 0 Å². The van der Waals surface area contributed by atoms with Gasteiger partial charge in [-0.05, 0) is 93.2 Å². The van der Waals surface area contributed by atoms with E-state index in [-0.39, 0.29) is 18.0 Å². The lowest BCUT2D eigenvalue weighted by Crippen LogP contribution is -2.33. The maximum Gasteiger partial charge on any atom is 0.226 e. The number of thiocarbonyl (C=S) groups is 1. The highest BCUT2D eigenvalue weighted by molar-refractivity contribution is 7.80. The average Bonchev–Trinajstić information content (AvgIpc) is 3.46. The first-order valence-electron chi connectivity index (χ1n) is 14.8. The van der Waals surface area contributed by atoms with Crippen molar-refractivity contribution in [2.24, 2.45) is 0 Å². The molecule has 2 aromatic heterocycles. The van der Waals surface area contributed by atoms with E-state index < -0.39 is 0 Å². The van der Waals surface area contributed by atoms with E-state index in [0.29, 0.717) is 18.1 Å². The first-order valence-corrected chi connectivity index (χ1v) is 15.2. The molecule has 3 heterocycles. The maximum absolute atomic E-state index is 13.3. The number of pyridine rings is 1. The second kappa shape index (κ2) is 11.7. The van der Waals surface area contributed by atoms with Crippen molar-refractivity contribution in [3.63, 3.8) is 0 Å². The largest absolute Gasteiger partial charge is 0.352 e. The van der Waals surface area contributed by atoms with E-state index in [1.54, 1.807) is 0 Å². The minimum absolute atomic E-state index is 0.0458. The zero-order valence-electron chi connectivity index (χ0n) is 25.3. The lowest BCUT2D eigenvalue weighted by atomic mass is 9.96. The van der Waals surface area contributed by atoms with E-state index in [2.05, 4.69) is 85.1 Å². The molecule has 2 N–H and O–H groups in total. The van der Waals surface area contributed by atoms with Crippen molar-refractivity contribution in [3.05, 3.63) is 124 Å². The number of aryl methyl sites for hydroxylation is 4. The van der Waals surface area contributed by atoms with Crippen LogP contribution in [-0.2, 0) is 4.79 Å². The molecule has 0 unspecified atom stereocenters. The molecule has 0 saturated carbocycles. The van der Waals surface area contributed by atoms with Crippen LogP contribution in [0.4, 0.5) is 5.69 Å². The first-order chi connectivity index (χ1) is 20.7. The van der Waals surface area contributed by atoms with Gasteiger partial charge in [0.1, 0.15) is 0 Å². The number of carbonyl (C=O) groups excluding carboxylic acids is 1. The van der Waals surface area contributed by atoms with E-state index in [1.807, 2.05) is 54.7 Å². The van der Waals surface area contributed by atoms with E-state index in [4.69, 9.17) is 17.2 Å². The van der Waals surface area contributed by atoms with Crippen LogP contribution >= 0.6 is 12.2 Å². The standard InChI is InChI=1S/C36H37N5OS/c1-22-19-23(2)34(24(3)20-22)41-25(4)21-29(26(41)5)35-33(31-14-8-9-17-37-31)39-36(43)40(35)18-16-32(42)38-30-15-10-12-27-11-6-7-13-28(27)30/h6-15,17,19-21,33,35H,16,18H2,1-5H3,(H,38,42)(H,39,43)/t33-,35+/m0/s1. The third-order valence-electron chi connectivity index (χ3n) is 8.49. The Balaban J connectivity index is 1.34. The summed E-state index contributed by atoms with van der Waals surface area (Å²) >= 11 is 5.92. The summed E-state index contributed by atoms with van der Waals surface area (Å²) in [5.41, 5.74) is 10.2.